The molecule has 3 aromatic carbocycles. The van der Waals surface area contributed by atoms with Gasteiger partial charge in [0.05, 0.1) is 21.3 Å². The van der Waals surface area contributed by atoms with Crippen LogP contribution in [0.1, 0.15) is 15.9 Å². The van der Waals surface area contributed by atoms with Gasteiger partial charge in [-0.2, -0.15) is 5.26 Å². The molecule has 31 heavy (non-hydrogen) atoms. The van der Waals surface area contributed by atoms with Gasteiger partial charge in [-0.3, -0.25) is 4.79 Å². The van der Waals surface area contributed by atoms with E-state index in [1.165, 1.54) is 6.08 Å². The fraction of sp³-hybridized carbons (Fsp3) is 0. The van der Waals surface area contributed by atoms with Crippen molar-refractivity contribution in [2.45, 2.75) is 0 Å². The fourth-order valence-corrected chi connectivity index (χ4v) is 2.96. The van der Waals surface area contributed by atoms with Gasteiger partial charge in [-0.25, -0.2) is 4.79 Å². The molecule has 0 spiro atoms. The van der Waals surface area contributed by atoms with Crippen LogP contribution in [0.2, 0.25) is 15.1 Å². The highest BCUT2D eigenvalue weighted by Crippen LogP contribution is 2.30. The monoisotopic (exact) mass is 470 g/mol. The quantitative estimate of drug-likeness (QED) is 0.202. The Labute approximate surface area is 193 Å². The lowest BCUT2D eigenvalue weighted by Gasteiger charge is -2.08. The summed E-state index contributed by atoms with van der Waals surface area (Å²) in [7, 11) is 0. The van der Waals surface area contributed by atoms with Crippen molar-refractivity contribution in [1.82, 2.24) is 0 Å². The highest BCUT2D eigenvalue weighted by Gasteiger charge is 2.13. The second kappa shape index (κ2) is 10.1. The number of amides is 1. The molecule has 1 N–H and O–H groups in total. The van der Waals surface area contributed by atoms with E-state index in [-0.39, 0.29) is 15.6 Å². The Morgan fingerprint density at radius 1 is 0.935 bits per heavy atom. The zero-order valence-corrected chi connectivity index (χ0v) is 18.0. The molecule has 5 nitrogen and oxygen atoms in total. The number of anilines is 1. The smallest absolute Gasteiger partial charge is 0.343 e. The molecule has 0 saturated heterocycles. The molecule has 0 fully saturated rings. The van der Waals surface area contributed by atoms with Crippen LogP contribution in [0, 0.1) is 11.3 Å². The molecule has 3 rings (SSSR count). The molecule has 8 heteroatoms. The number of nitriles is 1. The molecule has 3 aromatic rings. The van der Waals surface area contributed by atoms with Crippen molar-refractivity contribution in [2.75, 3.05) is 5.32 Å². The first-order valence-corrected chi connectivity index (χ1v) is 9.96. The maximum absolute atomic E-state index is 12.4. The molecule has 0 unspecified atom stereocenters. The molecule has 0 atom stereocenters. The minimum absolute atomic E-state index is 0.137. The Morgan fingerprint density at radius 2 is 1.61 bits per heavy atom. The summed E-state index contributed by atoms with van der Waals surface area (Å²) in [5.41, 5.74) is 1.08. The molecule has 0 heterocycles. The zero-order valence-electron chi connectivity index (χ0n) is 15.7. The summed E-state index contributed by atoms with van der Waals surface area (Å²) < 4.78 is 5.30. The van der Waals surface area contributed by atoms with Crippen LogP contribution < -0.4 is 10.1 Å². The second-order valence-electron chi connectivity index (χ2n) is 6.19. The van der Waals surface area contributed by atoms with Gasteiger partial charge in [0.2, 0.25) is 0 Å². The Kier molecular flexibility index (Phi) is 7.32. The van der Waals surface area contributed by atoms with Crippen molar-refractivity contribution >= 4 is 58.4 Å². The van der Waals surface area contributed by atoms with Crippen LogP contribution in [0.5, 0.6) is 5.75 Å². The first-order chi connectivity index (χ1) is 14.9. The lowest BCUT2D eigenvalue weighted by molar-refractivity contribution is -0.112. The van der Waals surface area contributed by atoms with Crippen LogP contribution in [0.4, 0.5) is 5.69 Å². The number of benzene rings is 3. The Balaban J connectivity index is 1.70. The van der Waals surface area contributed by atoms with Crippen LogP contribution in [0.15, 0.2) is 72.3 Å². The number of hydrogen-bond acceptors (Lipinski definition) is 4. The van der Waals surface area contributed by atoms with E-state index in [1.54, 1.807) is 66.7 Å². The van der Waals surface area contributed by atoms with Crippen LogP contribution in [-0.4, -0.2) is 11.9 Å². The van der Waals surface area contributed by atoms with Gasteiger partial charge >= 0.3 is 5.97 Å². The Morgan fingerprint density at radius 3 is 2.26 bits per heavy atom. The highest BCUT2D eigenvalue weighted by molar-refractivity contribution is 6.44. The lowest BCUT2D eigenvalue weighted by atomic mass is 10.1. The van der Waals surface area contributed by atoms with Crippen molar-refractivity contribution in [3.8, 4) is 11.8 Å². The van der Waals surface area contributed by atoms with Gasteiger partial charge in [-0.05, 0) is 60.2 Å². The van der Waals surface area contributed by atoms with E-state index in [9.17, 15) is 14.9 Å². The standard InChI is InChI=1S/C23H13Cl3N2O3/c24-17-8-6-15(7-9-17)23(30)31-18-10-4-14(5-11-18)12-16(13-27)22(29)28-20-3-1-2-19(25)21(20)26/h1-12H,(H,28,29)/b16-12+. The maximum Gasteiger partial charge on any atom is 0.343 e. The third-order valence-corrected chi connectivity index (χ3v) is 5.12. The molecule has 1 amide bonds. The number of nitrogens with zero attached hydrogens (tertiary/aromatic N) is 1. The number of ether oxygens (including phenoxy) is 1. The number of halogens is 3. The zero-order chi connectivity index (χ0) is 22.4. The predicted octanol–water partition coefficient (Wildman–Crippen LogP) is 6.41. The van der Waals surface area contributed by atoms with Gasteiger partial charge in [0, 0.05) is 5.02 Å². The molecule has 0 aliphatic rings. The minimum Gasteiger partial charge on any atom is -0.423 e. The number of rotatable bonds is 5. The molecule has 0 saturated carbocycles. The van der Waals surface area contributed by atoms with E-state index >= 15 is 0 Å². The molecule has 154 valence electrons. The van der Waals surface area contributed by atoms with E-state index in [4.69, 9.17) is 39.5 Å². The number of carbonyl (C=O) groups is 2. The van der Waals surface area contributed by atoms with E-state index in [1.807, 2.05) is 6.07 Å². The number of esters is 1. The summed E-state index contributed by atoms with van der Waals surface area (Å²) >= 11 is 17.8. The first kappa shape index (κ1) is 22.4. The Hall–Kier alpha value is -3.30. The molecule has 0 radical (unpaired) electrons. The predicted molar refractivity (Wildman–Crippen MR) is 122 cm³/mol. The maximum atomic E-state index is 12.4. The van der Waals surface area contributed by atoms with Crippen LogP contribution >= 0.6 is 34.8 Å². The summed E-state index contributed by atoms with van der Waals surface area (Å²) in [6, 6.07) is 19.3. The van der Waals surface area contributed by atoms with E-state index < -0.39 is 11.9 Å². The normalized spacial score (nSPS) is 10.8. The van der Waals surface area contributed by atoms with Crippen LogP contribution in [0.25, 0.3) is 6.08 Å². The molecule has 0 aliphatic heterocycles. The minimum atomic E-state index is -0.634. The van der Waals surface area contributed by atoms with Crippen molar-refractivity contribution < 1.29 is 14.3 Å². The van der Waals surface area contributed by atoms with Gasteiger partial charge < -0.3 is 10.1 Å². The van der Waals surface area contributed by atoms with Gasteiger partial charge in [-0.15, -0.1) is 0 Å². The summed E-state index contributed by atoms with van der Waals surface area (Å²) in [6.45, 7) is 0. The average Bonchev–Trinajstić information content (AvgIpc) is 2.76. The third kappa shape index (κ3) is 5.87. The first-order valence-electron chi connectivity index (χ1n) is 8.82. The summed E-state index contributed by atoms with van der Waals surface area (Å²) in [4.78, 5) is 24.6. The number of nitrogens with one attached hydrogen (secondary N) is 1. The molecule has 0 aliphatic carbocycles. The largest absolute Gasteiger partial charge is 0.423 e. The van der Waals surface area contributed by atoms with Crippen LogP contribution in [-0.2, 0) is 4.79 Å². The molecule has 0 bridgehead atoms. The van der Waals surface area contributed by atoms with Gasteiger partial charge in [0.15, 0.2) is 0 Å². The fourth-order valence-electron chi connectivity index (χ4n) is 2.49. The van der Waals surface area contributed by atoms with Crippen molar-refractivity contribution in [1.29, 1.82) is 5.26 Å². The summed E-state index contributed by atoms with van der Waals surface area (Å²) in [5, 5.41) is 12.9. The van der Waals surface area contributed by atoms with Crippen molar-refractivity contribution in [3.63, 3.8) is 0 Å². The van der Waals surface area contributed by atoms with E-state index in [0.29, 0.717) is 27.6 Å². The van der Waals surface area contributed by atoms with Crippen molar-refractivity contribution in [3.05, 3.63) is 98.5 Å². The lowest BCUT2D eigenvalue weighted by Crippen LogP contribution is -2.13. The van der Waals surface area contributed by atoms with Crippen LogP contribution in [0.3, 0.4) is 0 Å². The second-order valence-corrected chi connectivity index (χ2v) is 7.41. The topological polar surface area (TPSA) is 79.2 Å². The highest BCUT2D eigenvalue weighted by atomic mass is 35.5. The summed E-state index contributed by atoms with van der Waals surface area (Å²) in [5.74, 6) is -0.855. The third-order valence-electron chi connectivity index (χ3n) is 4.05. The SMILES string of the molecule is N#C/C(=C\c1ccc(OC(=O)c2ccc(Cl)cc2)cc1)C(=O)Nc1cccc(Cl)c1Cl. The van der Waals surface area contributed by atoms with E-state index in [2.05, 4.69) is 5.32 Å². The van der Waals surface area contributed by atoms with Gasteiger partial charge in [0.1, 0.15) is 17.4 Å². The molecule has 0 aromatic heterocycles. The van der Waals surface area contributed by atoms with Gasteiger partial charge in [-0.1, -0.05) is 53.0 Å². The number of carbonyl (C=O) groups excluding carboxylic acids is 2. The van der Waals surface area contributed by atoms with Crippen molar-refractivity contribution in [2.24, 2.45) is 0 Å². The molecular weight excluding hydrogens is 459 g/mol. The average molecular weight is 472 g/mol. The molecular formula is C23H13Cl3N2O3. The van der Waals surface area contributed by atoms with E-state index in [0.717, 1.165) is 0 Å². The number of hydrogen-bond donors (Lipinski definition) is 1. The van der Waals surface area contributed by atoms with Gasteiger partial charge in [0.25, 0.3) is 5.91 Å². The Bertz CT molecular complexity index is 1200. The summed E-state index contributed by atoms with van der Waals surface area (Å²) in [6.07, 6.45) is 1.40.